The molecule has 0 saturated carbocycles. The van der Waals surface area contributed by atoms with E-state index < -0.39 is 0 Å². The van der Waals surface area contributed by atoms with Crippen molar-refractivity contribution in [1.82, 2.24) is 4.98 Å². The fourth-order valence-corrected chi connectivity index (χ4v) is 4.31. The summed E-state index contributed by atoms with van der Waals surface area (Å²) >= 11 is 0. The first-order chi connectivity index (χ1) is 17.5. The molecule has 5 nitrogen and oxygen atoms in total. The number of nitrogens with zero attached hydrogens (tertiary/aromatic N) is 1. The summed E-state index contributed by atoms with van der Waals surface area (Å²) < 4.78 is 24.9. The normalized spacial score (nSPS) is 10.9. The Morgan fingerprint density at radius 2 is 1.72 bits per heavy atom. The third-order valence-electron chi connectivity index (χ3n) is 6.01. The fraction of sp³-hybridized carbons (Fsp3) is 0.267. The second kappa shape index (κ2) is 11.7. The second-order valence-electron chi connectivity index (χ2n) is 8.46. The first kappa shape index (κ1) is 25.2. The molecule has 0 aliphatic carbocycles. The van der Waals surface area contributed by atoms with E-state index in [0.29, 0.717) is 38.1 Å². The quantitative estimate of drug-likeness (QED) is 0.190. The zero-order valence-corrected chi connectivity index (χ0v) is 20.9. The van der Waals surface area contributed by atoms with Crippen molar-refractivity contribution >= 4 is 22.6 Å². The predicted molar refractivity (Wildman–Crippen MR) is 143 cm³/mol. The molecular formula is C30H31FN2O3. The average molecular weight is 487 g/mol. The van der Waals surface area contributed by atoms with Gasteiger partial charge >= 0.3 is 5.97 Å². The molecule has 0 unspecified atom stereocenters. The number of hydrogen-bond donors (Lipinski definition) is 1. The molecule has 0 atom stereocenters. The first-order valence-electron chi connectivity index (χ1n) is 12.3. The van der Waals surface area contributed by atoms with E-state index in [-0.39, 0.29) is 11.8 Å². The van der Waals surface area contributed by atoms with E-state index >= 15 is 0 Å². The molecule has 3 aromatic carbocycles. The van der Waals surface area contributed by atoms with E-state index in [0.717, 1.165) is 44.8 Å². The number of benzene rings is 3. The van der Waals surface area contributed by atoms with E-state index in [1.165, 1.54) is 12.1 Å². The lowest BCUT2D eigenvalue weighted by atomic mass is 9.98. The fourth-order valence-electron chi connectivity index (χ4n) is 4.31. The highest BCUT2D eigenvalue weighted by atomic mass is 19.1. The van der Waals surface area contributed by atoms with Crippen molar-refractivity contribution in [3.63, 3.8) is 0 Å². The smallest absolute Gasteiger partial charge is 0.305 e. The molecule has 6 heteroatoms. The van der Waals surface area contributed by atoms with Gasteiger partial charge in [-0.1, -0.05) is 42.5 Å². The van der Waals surface area contributed by atoms with E-state index in [1.807, 2.05) is 50.2 Å². The van der Waals surface area contributed by atoms with Crippen LogP contribution in [-0.2, 0) is 9.53 Å². The van der Waals surface area contributed by atoms with Crippen LogP contribution < -0.4 is 10.1 Å². The van der Waals surface area contributed by atoms with Gasteiger partial charge in [0.1, 0.15) is 11.6 Å². The van der Waals surface area contributed by atoms with Crippen LogP contribution in [0.3, 0.4) is 0 Å². The molecule has 0 fully saturated rings. The minimum Gasteiger partial charge on any atom is -0.493 e. The van der Waals surface area contributed by atoms with Gasteiger partial charge in [0.05, 0.1) is 24.4 Å². The van der Waals surface area contributed by atoms with Crippen LogP contribution in [0.15, 0.2) is 66.7 Å². The Balaban J connectivity index is 1.66. The summed E-state index contributed by atoms with van der Waals surface area (Å²) in [5, 5.41) is 4.14. The topological polar surface area (TPSA) is 60.5 Å². The lowest BCUT2D eigenvalue weighted by Gasteiger charge is -2.17. The molecule has 0 spiro atoms. The van der Waals surface area contributed by atoms with Crippen LogP contribution in [0.4, 0.5) is 10.1 Å². The van der Waals surface area contributed by atoms with Crippen LogP contribution in [-0.4, -0.2) is 30.7 Å². The lowest BCUT2D eigenvalue weighted by molar-refractivity contribution is -0.143. The maximum atomic E-state index is 14.1. The van der Waals surface area contributed by atoms with Gasteiger partial charge in [0.15, 0.2) is 0 Å². The van der Waals surface area contributed by atoms with Crippen molar-refractivity contribution in [3.8, 4) is 28.1 Å². The maximum Gasteiger partial charge on any atom is 0.305 e. The van der Waals surface area contributed by atoms with Crippen LogP contribution in [0.5, 0.6) is 5.75 Å². The number of aromatic nitrogens is 1. The summed E-state index contributed by atoms with van der Waals surface area (Å²) in [6.07, 6.45) is 0.940. The number of ether oxygens (including phenoxy) is 2. The Labute approximate surface area is 211 Å². The molecule has 1 heterocycles. The third kappa shape index (κ3) is 5.65. The van der Waals surface area contributed by atoms with Crippen LogP contribution >= 0.6 is 0 Å². The van der Waals surface area contributed by atoms with Crippen molar-refractivity contribution in [1.29, 1.82) is 0 Å². The molecule has 0 amide bonds. The Morgan fingerprint density at radius 1 is 0.972 bits per heavy atom. The summed E-state index contributed by atoms with van der Waals surface area (Å²) in [6.45, 7) is 7.29. The molecule has 4 aromatic rings. The Bertz CT molecular complexity index is 1350. The van der Waals surface area contributed by atoms with E-state index in [2.05, 4.69) is 17.4 Å². The SMILES string of the molecule is CCOC(=O)CCCNc1c(C)c(-c2ccc(-c3ccccc3OCC)cc2)nc2ccc(F)cc12. The van der Waals surface area contributed by atoms with Crippen molar-refractivity contribution in [2.24, 2.45) is 0 Å². The zero-order chi connectivity index (χ0) is 25.5. The number of esters is 1. The Kier molecular flexibility index (Phi) is 8.16. The molecule has 0 bridgehead atoms. The number of rotatable bonds is 10. The zero-order valence-electron chi connectivity index (χ0n) is 20.9. The molecule has 1 N–H and O–H groups in total. The van der Waals surface area contributed by atoms with Crippen LogP contribution in [0, 0.1) is 12.7 Å². The third-order valence-corrected chi connectivity index (χ3v) is 6.01. The van der Waals surface area contributed by atoms with Gasteiger partial charge in [-0.25, -0.2) is 9.37 Å². The average Bonchev–Trinajstić information content (AvgIpc) is 2.88. The number of halogens is 1. The molecular weight excluding hydrogens is 455 g/mol. The number of para-hydroxylation sites is 1. The largest absolute Gasteiger partial charge is 0.493 e. The van der Waals surface area contributed by atoms with E-state index in [1.54, 1.807) is 13.0 Å². The van der Waals surface area contributed by atoms with Gasteiger partial charge in [0.2, 0.25) is 0 Å². The number of fused-ring (bicyclic) bond motifs is 1. The summed E-state index contributed by atoms with van der Waals surface area (Å²) in [5.74, 6) is 0.320. The van der Waals surface area contributed by atoms with Crippen LogP contribution in [0.2, 0.25) is 0 Å². The number of anilines is 1. The van der Waals surface area contributed by atoms with E-state index in [9.17, 15) is 9.18 Å². The van der Waals surface area contributed by atoms with Gasteiger partial charge in [-0.15, -0.1) is 0 Å². The molecule has 0 saturated heterocycles. The van der Waals surface area contributed by atoms with Gasteiger partial charge in [-0.05, 0) is 62.6 Å². The molecule has 186 valence electrons. The van der Waals surface area contributed by atoms with Gasteiger partial charge in [-0.3, -0.25) is 4.79 Å². The first-order valence-corrected chi connectivity index (χ1v) is 12.3. The standard InChI is InChI=1S/C30H31FN2O3/c1-4-35-27-10-7-6-9-24(27)21-12-14-22(15-13-21)29-20(3)30(32-18-8-11-28(34)36-5-2)25-19-23(31)16-17-26(25)33-29/h6-7,9-10,12-17,19H,4-5,8,11,18H2,1-3H3,(H,32,33). The summed E-state index contributed by atoms with van der Waals surface area (Å²) in [4.78, 5) is 16.6. The van der Waals surface area contributed by atoms with Crippen LogP contribution in [0.25, 0.3) is 33.3 Å². The van der Waals surface area contributed by atoms with Crippen molar-refractivity contribution < 1.29 is 18.7 Å². The highest BCUT2D eigenvalue weighted by Gasteiger charge is 2.15. The minimum absolute atomic E-state index is 0.214. The van der Waals surface area contributed by atoms with Gasteiger partial charge in [-0.2, -0.15) is 0 Å². The highest BCUT2D eigenvalue weighted by molar-refractivity contribution is 5.96. The highest BCUT2D eigenvalue weighted by Crippen LogP contribution is 2.36. The molecule has 1 aromatic heterocycles. The number of nitrogens with one attached hydrogen (secondary N) is 1. The van der Waals surface area contributed by atoms with Gasteiger partial charge in [0.25, 0.3) is 0 Å². The summed E-state index contributed by atoms with van der Waals surface area (Å²) in [5.41, 5.74) is 6.33. The Hall–Kier alpha value is -3.93. The second-order valence-corrected chi connectivity index (χ2v) is 8.46. The van der Waals surface area contributed by atoms with Crippen molar-refractivity contribution in [2.75, 3.05) is 25.1 Å². The molecule has 0 aliphatic rings. The van der Waals surface area contributed by atoms with Crippen molar-refractivity contribution in [3.05, 3.63) is 78.1 Å². The monoisotopic (exact) mass is 486 g/mol. The number of carbonyl (C=O) groups excluding carboxylic acids is 1. The molecule has 36 heavy (non-hydrogen) atoms. The summed E-state index contributed by atoms with van der Waals surface area (Å²) in [7, 11) is 0. The molecule has 0 aliphatic heterocycles. The molecule has 4 rings (SSSR count). The minimum atomic E-state index is -0.316. The van der Waals surface area contributed by atoms with Crippen molar-refractivity contribution in [2.45, 2.75) is 33.6 Å². The Morgan fingerprint density at radius 3 is 2.47 bits per heavy atom. The predicted octanol–water partition coefficient (Wildman–Crippen LogP) is 7.17. The van der Waals surface area contributed by atoms with Gasteiger partial charge < -0.3 is 14.8 Å². The van der Waals surface area contributed by atoms with E-state index in [4.69, 9.17) is 14.5 Å². The van der Waals surface area contributed by atoms with Crippen LogP contribution in [0.1, 0.15) is 32.3 Å². The number of pyridine rings is 1. The number of hydrogen-bond acceptors (Lipinski definition) is 5. The maximum absolute atomic E-state index is 14.1. The summed E-state index contributed by atoms with van der Waals surface area (Å²) in [6, 6.07) is 20.8. The lowest BCUT2D eigenvalue weighted by Crippen LogP contribution is -2.10. The van der Waals surface area contributed by atoms with Gasteiger partial charge in [0, 0.05) is 35.2 Å². The number of carbonyl (C=O) groups is 1. The molecule has 0 radical (unpaired) electrons.